The molecule has 0 bridgehead atoms. The molecule has 3 rings (SSSR count). The second-order valence-corrected chi connectivity index (χ2v) is 6.73. The lowest BCUT2D eigenvalue weighted by molar-refractivity contribution is 0.411. The number of hydrogen-bond acceptors (Lipinski definition) is 3. The maximum Gasteiger partial charge on any atom is 0.278 e. The lowest BCUT2D eigenvalue weighted by Crippen LogP contribution is -2.26. The fourth-order valence-electron chi connectivity index (χ4n) is 3.71. The van der Waals surface area contributed by atoms with Gasteiger partial charge < -0.3 is 4.74 Å². The molecular formula is C21H26FN3O2. The van der Waals surface area contributed by atoms with Crippen molar-refractivity contribution in [3.63, 3.8) is 0 Å². The van der Waals surface area contributed by atoms with Gasteiger partial charge in [-0.05, 0) is 56.4 Å². The van der Waals surface area contributed by atoms with Gasteiger partial charge >= 0.3 is 0 Å². The van der Waals surface area contributed by atoms with Crippen LogP contribution in [0.3, 0.4) is 0 Å². The highest BCUT2D eigenvalue weighted by atomic mass is 19.1. The summed E-state index contributed by atoms with van der Waals surface area (Å²) >= 11 is 0. The monoisotopic (exact) mass is 371 g/mol. The van der Waals surface area contributed by atoms with Crippen molar-refractivity contribution < 1.29 is 9.13 Å². The second-order valence-electron chi connectivity index (χ2n) is 6.73. The van der Waals surface area contributed by atoms with Gasteiger partial charge in [0.1, 0.15) is 17.1 Å². The van der Waals surface area contributed by atoms with Gasteiger partial charge in [-0.25, -0.2) is 8.91 Å². The van der Waals surface area contributed by atoms with Crippen LogP contribution in [0.1, 0.15) is 50.8 Å². The number of aryl methyl sites for hydroxylation is 1. The fraction of sp³-hybridized carbons (Fsp3) is 0.429. The Morgan fingerprint density at radius 1 is 1.19 bits per heavy atom. The van der Waals surface area contributed by atoms with Gasteiger partial charge in [0, 0.05) is 18.3 Å². The number of hydrogen-bond donors (Lipinski definition) is 0. The van der Waals surface area contributed by atoms with Crippen molar-refractivity contribution in [2.24, 2.45) is 0 Å². The second kappa shape index (κ2) is 7.55. The van der Waals surface area contributed by atoms with E-state index in [1.165, 1.54) is 13.2 Å². The predicted molar refractivity (Wildman–Crippen MR) is 105 cm³/mol. The smallest absolute Gasteiger partial charge is 0.278 e. The van der Waals surface area contributed by atoms with Gasteiger partial charge in [-0.1, -0.05) is 13.8 Å². The lowest BCUT2D eigenvalue weighted by Gasteiger charge is -2.15. The Hall–Kier alpha value is -2.63. The third-order valence-corrected chi connectivity index (χ3v) is 5.24. The highest BCUT2D eigenvalue weighted by molar-refractivity contribution is 5.62. The molecule has 0 unspecified atom stereocenters. The Morgan fingerprint density at radius 3 is 2.44 bits per heavy atom. The Balaban J connectivity index is 2.34. The minimum atomic E-state index is -0.465. The van der Waals surface area contributed by atoms with E-state index < -0.39 is 5.82 Å². The summed E-state index contributed by atoms with van der Waals surface area (Å²) in [5.74, 6) is 0.589. The van der Waals surface area contributed by atoms with E-state index in [9.17, 15) is 9.18 Å². The van der Waals surface area contributed by atoms with Crippen molar-refractivity contribution in [3.05, 3.63) is 51.7 Å². The van der Waals surface area contributed by atoms with E-state index in [2.05, 4.69) is 18.9 Å². The molecule has 1 aromatic carbocycles. The van der Waals surface area contributed by atoms with Crippen LogP contribution in [0.4, 0.5) is 4.39 Å². The first-order valence-electron chi connectivity index (χ1n) is 9.43. The minimum Gasteiger partial charge on any atom is -0.497 e. The summed E-state index contributed by atoms with van der Waals surface area (Å²) in [5, 5.41) is 4.66. The maximum absolute atomic E-state index is 14.7. The van der Waals surface area contributed by atoms with Crippen LogP contribution in [0, 0.1) is 12.7 Å². The molecule has 0 amide bonds. The number of halogens is 1. The first kappa shape index (κ1) is 19.1. The first-order chi connectivity index (χ1) is 13.0. The zero-order valence-electron chi connectivity index (χ0n) is 16.5. The van der Waals surface area contributed by atoms with Crippen molar-refractivity contribution in [3.8, 4) is 17.1 Å². The molecule has 0 fully saturated rings. The van der Waals surface area contributed by atoms with Crippen molar-refractivity contribution in [2.45, 2.75) is 53.0 Å². The van der Waals surface area contributed by atoms with E-state index in [0.29, 0.717) is 29.6 Å². The van der Waals surface area contributed by atoms with Gasteiger partial charge in [0.2, 0.25) is 0 Å². The molecule has 144 valence electrons. The SMILES string of the molecule is CCC(CC)c1cc(C)n2nc(-c3ccc(OC)cc3F)n(CC)c(=O)c12. The molecule has 0 saturated carbocycles. The van der Waals surface area contributed by atoms with Crippen molar-refractivity contribution in [1.82, 2.24) is 14.2 Å². The third-order valence-electron chi connectivity index (χ3n) is 5.24. The number of ether oxygens (including phenoxy) is 1. The summed E-state index contributed by atoms with van der Waals surface area (Å²) < 4.78 is 23.0. The maximum atomic E-state index is 14.7. The predicted octanol–water partition coefficient (Wildman–Crippen LogP) is 4.54. The topological polar surface area (TPSA) is 48.5 Å². The summed E-state index contributed by atoms with van der Waals surface area (Å²) in [6.07, 6.45) is 1.91. The molecule has 0 radical (unpaired) electrons. The number of benzene rings is 1. The number of aromatic nitrogens is 3. The average molecular weight is 371 g/mol. The molecule has 0 aliphatic carbocycles. The summed E-state index contributed by atoms with van der Waals surface area (Å²) in [7, 11) is 1.49. The van der Waals surface area contributed by atoms with Crippen LogP contribution >= 0.6 is 0 Å². The molecule has 0 atom stereocenters. The van der Waals surface area contributed by atoms with Crippen LogP contribution in [0.15, 0.2) is 29.1 Å². The molecule has 0 aliphatic rings. The molecule has 2 aromatic heterocycles. The standard InChI is InChI=1S/C21H26FN3O2/c1-6-14(7-2)17-11-13(4)25-19(17)21(26)24(8-3)20(23-25)16-10-9-15(27-5)12-18(16)22/h9-12,14H,6-8H2,1-5H3. The molecule has 5 nitrogen and oxygen atoms in total. The fourth-order valence-corrected chi connectivity index (χ4v) is 3.71. The number of nitrogens with zero attached hydrogens (tertiary/aromatic N) is 3. The zero-order chi connectivity index (χ0) is 19.7. The molecular weight excluding hydrogens is 345 g/mol. The normalized spacial score (nSPS) is 11.5. The Labute approximate surface area is 158 Å². The molecule has 27 heavy (non-hydrogen) atoms. The molecule has 2 heterocycles. The van der Waals surface area contributed by atoms with E-state index in [1.807, 2.05) is 19.9 Å². The molecule has 0 spiro atoms. The number of rotatable bonds is 6. The van der Waals surface area contributed by atoms with E-state index in [-0.39, 0.29) is 11.1 Å². The van der Waals surface area contributed by atoms with Gasteiger partial charge in [-0.2, -0.15) is 0 Å². The summed E-state index contributed by atoms with van der Waals surface area (Å²) in [6.45, 7) is 8.46. The van der Waals surface area contributed by atoms with Crippen molar-refractivity contribution in [2.75, 3.05) is 7.11 Å². The summed E-state index contributed by atoms with van der Waals surface area (Å²) in [6, 6.07) is 6.63. The van der Waals surface area contributed by atoms with Crippen molar-refractivity contribution >= 4 is 5.52 Å². The van der Waals surface area contributed by atoms with Gasteiger partial charge in [-0.15, -0.1) is 5.10 Å². The molecule has 0 N–H and O–H groups in total. The molecule has 0 aliphatic heterocycles. The zero-order valence-corrected chi connectivity index (χ0v) is 16.5. The van der Waals surface area contributed by atoms with E-state index in [1.54, 1.807) is 21.2 Å². The molecule has 3 aromatic rings. The minimum absolute atomic E-state index is 0.132. The Kier molecular flexibility index (Phi) is 5.35. The van der Waals surface area contributed by atoms with Crippen molar-refractivity contribution in [1.29, 1.82) is 0 Å². The van der Waals surface area contributed by atoms with Gasteiger partial charge in [-0.3, -0.25) is 9.36 Å². The summed E-state index contributed by atoms with van der Waals surface area (Å²) in [5.41, 5.74) is 2.66. The Morgan fingerprint density at radius 2 is 1.89 bits per heavy atom. The van der Waals surface area contributed by atoms with Crippen LogP contribution in [-0.4, -0.2) is 21.3 Å². The summed E-state index contributed by atoms with van der Waals surface area (Å²) in [4.78, 5) is 13.3. The first-order valence-corrected chi connectivity index (χ1v) is 9.43. The molecule has 0 saturated heterocycles. The highest BCUT2D eigenvalue weighted by Gasteiger charge is 2.22. The van der Waals surface area contributed by atoms with Crippen LogP contribution < -0.4 is 10.3 Å². The van der Waals surface area contributed by atoms with E-state index in [4.69, 9.17) is 4.74 Å². The van der Waals surface area contributed by atoms with E-state index in [0.717, 1.165) is 24.1 Å². The molecule has 6 heteroatoms. The van der Waals surface area contributed by atoms with Crippen LogP contribution in [-0.2, 0) is 6.54 Å². The lowest BCUT2D eigenvalue weighted by atomic mass is 9.95. The quantitative estimate of drug-likeness (QED) is 0.639. The Bertz CT molecular complexity index is 1030. The average Bonchev–Trinajstić information content (AvgIpc) is 2.99. The number of fused-ring (bicyclic) bond motifs is 1. The van der Waals surface area contributed by atoms with E-state index >= 15 is 0 Å². The van der Waals surface area contributed by atoms with Crippen LogP contribution in [0.25, 0.3) is 16.9 Å². The van der Waals surface area contributed by atoms with Gasteiger partial charge in [0.25, 0.3) is 5.56 Å². The van der Waals surface area contributed by atoms with Crippen LogP contribution in [0.2, 0.25) is 0 Å². The van der Waals surface area contributed by atoms with Crippen LogP contribution in [0.5, 0.6) is 5.75 Å². The van der Waals surface area contributed by atoms with Gasteiger partial charge in [0.15, 0.2) is 5.82 Å². The third kappa shape index (κ3) is 3.13. The largest absolute Gasteiger partial charge is 0.497 e. The highest BCUT2D eigenvalue weighted by Crippen LogP contribution is 2.29. The van der Waals surface area contributed by atoms with Gasteiger partial charge in [0.05, 0.1) is 12.7 Å². The number of methoxy groups -OCH3 is 1.